The molecule has 2 heterocycles. The molecule has 0 atom stereocenters. The Balaban J connectivity index is 0.000000228. The Morgan fingerprint density at radius 2 is 1.82 bits per heavy atom. The number of nitrogens with zero attached hydrogens (tertiary/aromatic N) is 3. The van der Waals surface area contributed by atoms with Crippen LogP contribution in [0, 0.1) is 0 Å². The van der Waals surface area contributed by atoms with E-state index in [0.717, 1.165) is 16.9 Å². The first-order valence-electron chi connectivity index (χ1n) is 6.87. The SMILES string of the molecule is CC.COc1nccc(-c2cnoc2)n1.Nc1ccccc1. The van der Waals surface area contributed by atoms with Crippen molar-refractivity contribution in [1.29, 1.82) is 0 Å². The number of rotatable bonds is 2. The van der Waals surface area contributed by atoms with Gasteiger partial charge in [0.2, 0.25) is 0 Å². The summed E-state index contributed by atoms with van der Waals surface area (Å²) in [6, 6.07) is 11.6. The number of hydrogen-bond donors (Lipinski definition) is 1. The maximum Gasteiger partial charge on any atom is 0.316 e. The summed E-state index contributed by atoms with van der Waals surface area (Å²) in [5.74, 6) is 0. The van der Waals surface area contributed by atoms with Gasteiger partial charge in [-0.3, -0.25) is 0 Å². The van der Waals surface area contributed by atoms with Gasteiger partial charge in [0, 0.05) is 11.9 Å². The van der Waals surface area contributed by atoms with Crippen LogP contribution in [-0.4, -0.2) is 22.2 Å². The molecule has 0 aliphatic carbocycles. The third-order valence-corrected chi connectivity index (χ3v) is 2.34. The fourth-order valence-electron chi connectivity index (χ4n) is 1.38. The van der Waals surface area contributed by atoms with Gasteiger partial charge in [0.05, 0.1) is 24.6 Å². The summed E-state index contributed by atoms with van der Waals surface area (Å²) in [5, 5.41) is 3.58. The van der Waals surface area contributed by atoms with E-state index < -0.39 is 0 Å². The zero-order chi connectivity index (χ0) is 16.2. The van der Waals surface area contributed by atoms with Crippen LogP contribution in [0.3, 0.4) is 0 Å². The molecule has 0 saturated heterocycles. The smallest absolute Gasteiger partial charge is 0.316 e. The van der Waals surface area contributed by atoms with Crippen molar-refractivity contribution in [2.45, 2.75) is 13.8 Å². The number of nitrogens with two attached hydrogens (primary N) is 1. The highest BCUT2D eigenvalue weighted by Gasteiger charge is 2.03. The lowest BCUT2D eigenvalue weighted by atomic mass is 10.2. The van der Waals surface area contributed by atoms with E-state index in [0.29, 0.717) is 6.01 Å². The summed E-state index contributed by atoms with van der Waals surface area (Å²) < 4.78 is 9.57. The first-order valence-corrected chi connectivity index (χ1v) is 6.87. The van der Waals surface area contributed by atoms with Gasteiger partial charge in [-0.1, -0.05) is 37.2 Å². The Kier molecular flexibility index (Phi) is 7.74. The lowest BCUT2D eigenvalue weighted by molar-refractivity contribution is 0.380. The van der Waals surface area contributed by atoms with Crippen molar-refractivity contribution in [3.05, 3.63) is 55.1 Å². The van der Waals surface area contributed by atoms with E-state index in [1.165, 1.54) is 13.4 Å². The van der Waals surface area contributed by atoms with Crippen LogP contribution in [0.25, 0.3) is 11.3 Å². The topological polar surface area (TPSA) is 87.1 Å². The van der Waals surface area contributed by atoms with E-state index >= 15 is 0 Å². The largest absolute Gasteiger partial charge is 0.467 e. The van der Waals surface area contributed by atoms with Gasteiger partial charge in [-0.05, 0) is 18.2 Å². The van der Waals surface area contributed by atoms with Crippen molar-refractivity contribution in [2.75, 3.05) is 12.8 Å². The molecule has 0 bridgehead atoms. The number of methoxy groups -OCH3 is 1. The Hall–Kier alpha value is -2.89. The highest BCUT2D eigenvalue weighted by molar-refractivity contribution is 5.55. The third kappa shape index (κ3) is 5.62. The van der Waals surface area contributed by atoms with Gasteiger partial charge in [0.15, 0.2) is 0 Å². The minimum absolute atomic E-state index is 0.332. The third-order valence-electron chi connectivity index (χ3n) is 2.34. The van der Waals surface area contributed by atoms with E-state index in [2.05, 4.69) is 15.1 Å². The summed E-state index contributed by atoms with van der Waals surface area (Å²) in [6.45, 7) is 4.00. The molecule has 0 aliphatic heterocycles. The zero-order valence-corrected chi connectivity index (χ0v) is 12.9. The van der Waals surface area contributed by atoms with Crippen LogP contribution >= 0.6 is 0 Å². The molecule has 3 aromatic rings. The molecule has 116 valence electrons. The van der Waals surface area contributed by atoms with Gasteiger partial charge < -0.3 is 15.0 Å². The average Bonchev–Trinajstić information content (AvgIpc) is 3.13. The Bertz CT molecular complexity index is 628. The van der Waals surface area contributed by atoms with Gasteiger partial charge >= 0.3 is 6.01 Å². The fraction of sp³-hybridized carbons (Fsp3) is 0.188. The molecule has 2 aromatic heterocycles. The van der Waals surface area contributed by atoms with Crippen LogP contribution in [0.1, 0.15) is 13.8 Å². The molecule has 3 rings (SSSR count). The number of hydrogen-bond acceptors (Lipinski definition) is 6. The predicted octanol–water partition coefficient (Wildman–Crippen LogP) is 3.44. The molecule has 0 unspecified atom stereocenters. The van der Waals surface area contributed by atoms with Crippen LogP contribution in [0.5, 0.6) is 6.01 Å². The monoisotopic (exact) mass is 300 g/mol. The first-order chi connectivity index (χ1) is 10.8. The summed E-state index contributed by atoms with van der Waals surface area (Å²) >= 11 is 0. The van der Waals surface area contributed by atoms with E-state index in [1.807, 2.05) is 44.2 Å². The maximum atomic E-state index is 5.36. The molecule has 0 fully saturated rings. The second-order valence-corrected chi connectivity index (χ2v) is 3.75. The van der Waals surface area contributed by atoms with E-state index in [1.54, 1.807) is 18.5 Å². The average molecular weight is 300 g/mol. The molecule has 2 N–H and O–H groups in total. The number of ether oxygens (including phenoxy) is 1. The Morgan fingerprint density at radius 3 is 2.32 bits per heavy atom. The van der Waals surface area contributed by atoms with Crippen molar-refractivity contribution in [1.82, 2.24) is 15.1 Å². The molecule has 0 spiro atoms. The minimum Gasteiger partial charge on any atom is -0.467 e. The number of anilines is 1. The number of para-hydroxylation sites is 1. The van der Waals surface area contributed by atoms with Crippen LogP contribution in [0.4, 0.5) is 5.69 Å². The van der Waals surface area contributed by atoms with Crippen molar-refractivity contribution >= 4 is 5.69 Å². The van der Waals surface area contributed by atoms with E-state index in [-0.39, 0.29) is 0 Å². The highest BCUT2D eigenvalue weighted by Crippen LogP contribution is 2.16. The molecule has 1 aromatic carbocycles. The van der Waals surface area contributed by atoms with Crippen LogP contribution in [0.2, 0.25) is 0 Å². The second kappa shape index (κ2) is 9.93. The van der Waals surface area contributed by atoms with Crippen LogP contribution in [-0.2, 0) is 0 Å². The summed E-state index contributed by atoms with van der Waals surface area (Å²) in [7, 11) is 1.52. The van der Waals surface area contributed by atoms with Gasteiger partial charge in [-0.2, -0.15) is 4.98 Å². The lowest BCUT2D eigenvalue weighted by Gasteiger charge is -1.98. The standard InChI is InChI=1S/C8H7N3O2.C6H7N.C2H6/c1-12-8-9-3-2-7(11-8)6-4-10-13-5-6;7-6-4-2-1-3-5-6;1-2/h2-5H,1H3;1-5H,7H2;1-2H3. The van der Waals surface area contributed by atoms with Gasteiger partial charge in [0.1, 0.15) is 6.26 Å². The van der Waals surface area contributed by atoms with Gasteiger partial charge in [0.25, 0.3) is 0 Å². The van der Waals surface area contributed by atoms with Crippen molar-refractivity contribution in [2.24, 2.45) is 0 Å². The van der Waals surface area contributed by atoms with Crippen LogP contribution < -0.4 is 10.5 Å². The van der Waals surface area contributed by atoms with Crippen LogP contribution in [0.15, 0.2) is 59.6 Å². The highest BCUT2D eigenvalue weighted by atomic mass is 16.5. The molecular formula is C16H20N4O2. The van der Waals surface area contributed by atoms with Crippen molar-refractivity contribution < 1.29 is 9.26 Å². The quantitative estimate of drug-likeness (QED) is 0.729. The first kappa shape index (κ1) is 17.2. The Labute approximate surface area is 130 Å². The number of benzene rings is 1. The predicted molar refractivity (Wildman–Crippen MR) is 86.3 cm³/mol. The van der Waals surface area contributed by atoms with Crippen molar-refractivity contribution in [3.8, 4) is 17.3 Å². The van der Waals surface area contributed by atoms with E-state index in [9.17, 15) is 0 Å². The maximum absolute atomic E-state index is 5.36. The summed E-state index contributed by atoms with van der Waals surface area (Å²) in [4.78, 5) is 7.98. The summed E-state index contributed by atoms with van der Waals surface area (Å²) in [5.41, 5.74) is 7.72. The molecule has 6 heteroatoms. The Morgan fingerprint density at radius 1 is 1.09 bits per heavy atom. The number of nitrogen functional groups attached to an aromatic ring is 1. The fourth-order valence-corrected chi connectivity index (χ4v) is 1.38. The molecule has 0 amide bonds. The summed E-state index contributed by atoms with van der Waals surface area (Å²) in [6.07, 6.45) is 4.72. The number of aromatic nitrogens is 3. The molecular weight excluding hydrogens is 280 g/mol. The molecule has 6 nitrogen and oxygen atoms in total. The normalized spacial score (nSPS) is 8.86. The lowest BCUT2D eigenvalue weighted by Crippen LogP contribution is -1.92. The van der Waals surface area contributed by atoms with Crippen molar-refractivity contribution in [3.63, 3.8) is 0 Å². The van der Waals surface area contributed by atoms with Gasteiger partial charge in [-0.15, -0.1) is 0 Å². The molecule has 0 aliphatic rings. The van der Waals surface area contributed by atoms with E-state index in [4.69, 9.17) is 15.0 Å². The molecule has 22 heavy (non-hydrogen) atoms. The second-order valence-electron chi connectivity index (χ2n) is 3.75. The molecule has 0 saturated carbocycles. The molecule has 0 radical (unpaired) electrons. The minimum atomic E-state index is 0.332. The zero-order valence-electron chi connectivity index (χ0n) is 12.9. The van der Waals surface area contributed by atoms with Gasteiger partial charge in [-0.25, -0.2) is 4.98 Å².